The molecule has 0 saturated carbocycles. The Morgan fingerprint density at radius 2 is 1.88 bits per heavy atom. The zero-order valence-electron chi connectivity index (χ0n) is 18.2. The van der Waals surface area contributed by atoms with Crippen LogP contribution in [0.25, 0.3) is 11.1 Å². The first-order chi connectivity index (χ1) is 15.5. The summed E-state index contributed by atoms with van der Waals surface area (Å²) in [4.78, 5) is 25.1. The summed E-state index contributed by atoms with van der Waals surface area (Å²) in [5, 5.41) is 12.3. The molecule has 0 aliphatic carbocycles. The van der Waals surface area contributed by atoms with Gasteiger partial charge in [-0.05, 0) is 35.9 Å². The lowest BCUT2D eigenvalue weighted by Crippen LogP contribution is -2.46. The number of likely N-dealkylation sites (N-methyl/N-ethyl adjacent to an activating group) is 1. The van der Waals surface area contributed by atoms with Crippen LogP contribution in [0.2, 0.25) is 0 Å². The lowest BCUT2D eigenvalue weighted by molar-refractivity contribution is -0.134. The van der Waals surface area contributed by atoms with Crippen LogP contribution in [-0.2, 0) is 25.5 Å². The van der Waals surface area contributed by atoms with Gasteiger partial charge in [0.1, 0.15) is 17.9 Å². The number of rotatable bonds is 8. The van der Waals surface area contributed by atoms with Gasteiger partial charge in [-0.2, -0.15) is 5.26 Å². The van der Waals surface area contributed by atoms with Crippen LogP contribution < -0.4 is 10.1 Å². The molecule has 3 rings (SSSR count). The predicted molar refractivity (Wildman–Crippen MR) is 118 cm³/mol. The number of amides is 1. The third-order valence-electron chi connectivity index (χ3n) is 5.34. The molecule has 1 fully saturated rings. The minimum atomic E-state index is -0.663. The van der Waals surface area contributed by atoms with Gasteiger partial charge in [0.25, 0.3) is 12.4 Å². The molecular weight excluding hydrogens is 410 g/mol. The number of nitrogens with one attached hydrogen (secondary N) is 1. The van der Waals surface area contributed by atoms with Gasteiger partial charge in [-0.3, -0.25) is 9.59 Å². The fraction of sp³-hybridized carbons (Fsp3) is 0.375. The normalized spacial score (nSPS) is 19.9. The number of benzene rings is 2. The van der Waals surface area contributed by atoms with E-state index < -0.39 is 12.1 Å². The van der Waals surface area contributed by atoms with Crippen molar-refractivity contribution in [3.05, 3.63) is 54.1 Å². The van der Waals surface area contributed by atoms with E-state index in [0.717, 1.165) is 16.7 Å². The van der Waals surface area contributed by atoms with Crippen molar-refractivity contribution in [3.63, 3.8) is 0 Å². The number of ether oxygens (including phenoxy) is 3. The smallest absolute Gasteiger partial charge is 0.298 e. The molecule has 2 aromatic rings. The zero-order valence-corrected chi connectivity index (χ0v) is 18.2. The van der Waals surface area contributed by atoms with E-state index in [1.807, 2.05) is 48.3 Å². The Kier molecular flexibility index (Phi) is 8.34. The second kappa shape index (κ2) is 11.4. The van der Waals surface area contributed by atoms with Crippen LogP contribution in [0.3, 0.4) is 0 Å². The molecule has 0 spiro atoms. The number of methoxy groups -OCH3 is 1. The standard InChI is InChI=1S/C24H27N3O5/c1-27-13-22(30-2)15-31-23(14-27)24(29)26-20(12-25)11-17-3-5-18(6-4-17)19-7-9-21(10-8-19)32-16-28/h3-10,16,20,22-23H,11,13-15H2,1-2H3,(H,26,29). The summed E-state index contributed by atoms with van der Waals surface area (Å²) in [6, 6.07) is 16.4. The van der Waals surface area contributed by atoms with Crippen molar-refractivity contribution in [2.75, 3.05) is 33.9 Å². The third kappa shape index (κ3) is 6.37. The maximum absolute atomic E-state index is 12.7. The van der Waals surface area contributed by atoms with E-state index in [9.17, 15) is 14.9 Å². The Morgan fingerprint density at radius 3 is 2.47 bits per heavy atom. The summed E-state index contributed by atoms with van der Waals surface area (Å²) in [6.07, 6.45) is -0.348. The molecule has 3 unspecified atom stereocenters. The maximum atomic E-state index is 12.7. The molecule has 1 aliphatic rings. The first kappa shape index (κ1) is 23.4. The van der Waals surface area contributed by atoms with E-state index in [1.54, 1.807) is 19.2 Å². The van der Waals surface area contributed by atoms with Gasteiger partial charge in [0, 0.05) is 26.6 Å². The van der Waals surface area contributed by atoms with Gasteiger partial charge in [-0.15, -0.1) is 0 Å². The number of hydrogen-bond donors (Lipinski definition) is 1. The average molecular weight is 437 g/mol. The van der Waals surface area contributed by atoms with Gasteiger partial charge in [0.05, 0.1) is 18.8 Å². The largest absolute Gasteiger partial charge is 0.429 e. The molecule has 32 heavy (non-hydrogen) atoms. The number of hydrogen-bond acceptors (Lipinski definition) is 7. The van der Waals surface area contributed by atoms with Crippen molar-refractivity contribution in [2.24, 2.45) is 0 Å². The van der Waals surface area contributed by atoms with Crippen molar-refractivity contribution in [1.82, 2.24) is 10.2 Å². The highest BCUT2D eigenvalue weighted by atomic mass is 16.5. The third-order valence-corrected chi connectivity index (χ3v) is 5.34. The monoisotopic (exact) mass is 437 g/mol. The van der Waals surface area contributed by atoms with Gasteiger partial charge in [-0.25, -0.2) is 0 Å². The molecule has 8 heteroatoms. The number of nitrogens with zero attached hydrogens (tertiary/aromatic N) is 2. The molecule has 3 atom stereocenters. The number of carbonyl (C=O) groups is 2. The van der Waals surface area contributed by atoms with Crippen molar-refractivity contribution in [3.8, 4) is 22.9 Å². The SMILES string of the molecule is COC1COC(C(=O)NC(C#N)Cc2ccc(-c3ccc(OC=O)cc3)cc2)CN(C)C1. The maximum Gasteiger partial charge on any atom is 0.298 e. The van der Waals surface area contributed by atoms with E-state index in [1.165, 1.54) is 0 Å². The van der Waals surface area contributed by atoms with Gasteiger partial charge in [0.15, 0.2) is 0 Å². The van der Waals surface area contributed by atoms with Gasteiger partial charge >= 0.3 is 0 Å². The average Bonchev–Trinajstić information content (AvgIpc) is 3.01. The van der Waals surface area contributed by atoms with Crippen LogP contribution in [0.5, 0.6) is 5.75 Å². The Balaban J connectivity index is 1.58. The molecule has 1 heterocycles. The second-order valence-corrected chi connectivity index (χ2v) is 7.73. The molecule has 0 radical (unpaired) electrons. The second-order valence-electron chi connectivity index (χ2n) is 7.73. The highest BCUT2D eigenvalue weighted by molar-refractivity contribution is 5.81. The Bertz CT molecular complexity index is 940. The summed E-state index contributed by atoms with van der Waals surface area (Å²) in [5.74, 6) is 0.184. The molecule has 1 N–H and O–H groups in total. The fourth-order valence-corrected chi connectivity index (χ4v) is 3.58. The number of nitriles is 1. The van der Waals surface area contributed by atoms with Crippen LogP contribution in [0.1, 0.15) is 5.56 Å². The molecule has 1 saturated heterocycles. The Morgan fingerprint density at radius 1 is 1.22 bits per heavy atom. The predicted octanol–water partition coefficient (Wildman–Crippen LogP) is 1.79. The van der Waals surface area contributed by atoms with E-state index in [0.29, 0.717) is 38.3 Å². The van der Waals surface area contributed by atoms with Crippen molar-refractivity contribution < 1.29 is 23.8 Å². The van der Waals surface area contributed by atoms with Crippen LogP contribution in [-0.4, -0.2) is 69.4 Å². The minimum absolute atomic E-state index is 0.0863. The first-order valence-corrected chi connectivity index (χ1v) is 10.3. The summed E-state index contributed by atoms with van der Waals surface area (Å²) in [7, 11) is 3.53. The summed E-state index contributed by atoms with van der Waals surface area (Å²) < 4.78 is 15.9. The minimum Gasteiger partial charge on any atom is -0.429 e. The van der Waals surface area contributed by atoms with Crippen molar-refractivity contribution in [2.45, 2.75) is 24.7 Å². The lowest BCUT2D eigenvalue weighted by atomic mass is 10.0. The van der Waals surface area contributed by atoms with Crippen LogP contribution >= 0.6 is 0 Å². The molecule has 0 bridgehead atoms. The summed E-state index contributed by atoms with van der Waals surface area (Å²) >= 11 is 0. The molecular formula is C24H27N3O5. The molecule has 1 amide bonds. The van der Waals surface area contributed by atoms with Gasteiger partial charge < -0.3 is 24.4 Å². The van der Waals surface area contributed by atoms with E-state index >= 15 is 0 Å². The fourth-order valence-electron chi connectivity index (χ4n) is 3.58. The van der Waals surface area contributed by atoms with Gasteiger partial charge in [-0.1, -0.05) is 36.4 Å². The Labute approximate surface area is 187 Å². The highest BCUT2D eigenvalue weighted by Crippen LogP contribution is 2.23. The summed E-state index contributed by atoms with van der Waals surface area (Å²) in [6.45, 7) is 1.85. The van der Waals surface area contributed by atoms with Crippen LogP contribution in [0.15, 0.2) is 48.5 Å². The Hall–Kier alpha value is -3.25. The van der Waals surface area contributed by atoms with Crippen LogP contribution in [0.4, 0.5) is 0 Å². The molecule has 1 aliphatic heterocycles. The topological polar surface area (TPSA) is 101 Å². The van der Waals surface area contributed by atoms with Crippen molar-refractivity contribution >= 4 is 12.4 Å². The van der Waals surface area contributed by atoms with Crippen LogP contribution in [0, 0.1) is 11.3 Å². The molecule has 2 aromatic carbocycles. The zero-order chi connectivity index (χ0) is 22.9. The van der Waals surface area contributed by atoms with E-state index in [2.05, 4.69) is 11.4 Å². The summed E-state index contributed by atoms with van der Waals surface area (Å²) in [5.41, 5.74) is 2.90. The van der Waals surface area contributed by atoms with Crippen molar-refractivity contribution in [1.29, 1.82) is 5.26 Å². The van der Waals surface area contributed by atoms with E-state index in [-0.39, 0.29) is 12.0 Å². The number of carbonyl (C=O) groups excluding carboxylic acids is 2. The first-order valence-electron chi connectivity index (χ1n) is 10.3. The molecule has 0 aromatic heterocycles. The molecule has 168 valence electrons. The quantitative estimate of drug-likeness (QED) is 0.628. The van der Waals surface area contributed by atoms with Gasteiger partial charge in [0.2, 0.25) is 0 Å². The molecule has 8 nitrogen and oxygen atoms in total. The highest BCUT2D eigenvalue weighted by Gasteiger charge is 2.28. The van der Waals surface area contributed by atoms with E-state index in [4.69, 9.17) is 14.2 Å². The lowest BCUT2D eigenvalue weighted by Gasteiger charge is -2.20.